The normalized spacial score (nSPS) is 11.9. The largest absolute Gasteiger partial charge is 0.427 e. The first-order chi connectivity index (χ1) is 13.0. The predicted molar refractivity (Wildman–Crippen MR) is 104 cm³/mol. The number of carbonyl (C=O) groups excluding carboxylic acids is 1. The molecule has 0 saturated heterocycles. The van der Waals surface area contributed by atoms with Crippen LogP contribution in [0.1, 0.15) is 18.1 Å². The maximum atomic E-state index is 12.6. The number of esters is 1. The van der Waals surface area contributed by atoms with Crippen molar-refractivity contribution in [3.05, 3.63) is 74.5 Å². The Kier molecular flexibility index (Phi) is 4.29. The van der Waals surface area contributed by atoms with Crippen LogP contribution in [-0.2, 0) is 4.79 Å². The van der Waals surface area contributed by atoms with Crippen molar-refractivity contribution in [2.75, 3.05) is 0 Å². The maximum Gasteiger partial charge on any atom is 0.308 e. The fourth-order valence-electron chi connectivity index (χ4n) is 2.69. The van der Waals surface area contributed by atoms with Crippen LogP contribution in [0.2, 0.25) is 0 Å². The number of hydrogen-bond donors (Lipinski definition) is 0. The van der Waals surface area contributed by atoms with Crippen LogP contribution >= 0.6 is 11.3 Å². The minimum absolute atomic E-state index is 0.203. The molecule has 2 aromatic carbocycles. The van der Waals surface area contributed by atoms with Gasteiger partial charge >= 0.3 is 5.97 Å². The van der Waals surface area contributed by atoms with Crippen LogP contribution in [-0.4, -0.2) is 20.6 Å². The molecule has 2 aromatic heterocycles. The summed E-state index contributed by atoms with van der Waals surface area (Å²) in [4.78, 5) is 28.6. The second-order valence-corrected chi connectivity index (χ2v) is 7.09. The summed E-state index contributed by atoms with van der Waals surface area (Å²) in [6.07, 6.45) is 1.77. The lowest BCUT2D eigenvalue weighted by molar-refractivity contribution is -0.131. The SMILES string of the molecule is CC(=O)Oc1ccc(/C=c2/sc3nc(-c4cccc(C)c4)nn3c2=O)cc1. The summed E-state index contributed by atoms with van der Waals surface area (Å²) in [6.45, 7) is 3.35. The predicted octanol–water partition coefficient (Wildman–Crippen LogP) is 2.60. The van der Waals surface area contributed by atoms with Gasteiger partial charge in [-0.05, 0) is 36.8 Å². The molecule has 134 valence electrons. The van der Waals surface area contributed by atoms with Crippen LogP contribution in [0.5, 0.6) is 5.75 Å². The van der Waals surface area contributed by atoms with E-state index in [9.17, 15) is 9.59 Å². The zero-order chi connectivity index (χ0) is 19.0. The monoisotopic (exact) mass is 377 g/mol. The number of carbonyl (C=O) groups is 1. The Hall–Kier alpha value is -3.32. The van der Waals surface area contributed by atoms with Gasteiger partial charge in [0.25, 0.3) is 5.56 Å². The summed E-state index contributed by atoms with van der Waals surface area (Å²) in [5.41, 5.74) is 2.62. The van der Waals surface area contributed by atoms with E-state index in [1.807, 2.05) is 31.2 Å². The topological polar surface area (TPSA) is 73.6 Å². The zero-order valence-electron chi connectivity index (χ0n) is 14.7. The molecule has 0 unspecified atom stereocenters. The third-order valence-corrected chi connectivity index (χ3v) is 4.86. The van der Waals surface area contributed by atoms with E-state index in [4.69, 9.17) is 4.74 Å². The second-order valence-electron chi connectivity index (χ2n) is 6.08. The van der Waals surface area contributed by atoms with Crippen molar-refractivity contribution in [3.8, 4) is 17.1 Å². The first-order valence-corrected chi connectivity index (χ1v) is 9.08. The average Bonchev–Trinajstić information content (AvgIpc) is 3.16. The number of nitrogens with zero attached hydrogens (tertiary/aromatic N) is 3. The number of aryl methyl sites for hydroxylation is 1. The fourth-order valence-corrected chi connectivity index (χ4v) is 3.60. The Bertz CT molecular complexity index is 1260. The molecule has 0 amide bonds. The van der Waals surface area contributed by atoms with Gasteiger partial charge in [-0.15, -0.1) is 5.10 Å². The van der Waals surface area contributed by atoms with Crippen molar-refractivity contribution < 1.29 is 9.53 Å². The number of ether oxygens (including phenoxy) is 1. The molecule has 0 spiro atoms. The molecular weight excluding hydrogens is 362 g/mol. The molecular formula is C20H15N3O3S. The Morgan fingerprint density at radius 3 is 2.63 bits per heavy atom. The highest BCUT2D eigenvalue weighted by molar-refractivity contribution is 7.15. The summed E-state index contributed by atoms with van der Waals surface area (Å²) in [5.74, 6) is 0.635. The van der Waals surface area contributed by atoms with Crippen molar-refractivity contribution >= 4 is 28.3 Å². The molecule has 2 heterocycles. The molecule has 4 aromatic rings. The van der Waals surface area contributed by atoms with Gasteiger partial charge in [-0.3, -0.25) is 9.59 Å². The average molecular weight is 377 g/mol. The van der Waals surface area contributed by atoms with E-state index in [1.54, 1.807) is 30.3 Å². The Morgan fingerprint density at radius 2 is 1.96 bits per heavy atom. The first kappa shape index (κ1) is 17.1. The molecule has 0 aliphatic carbocycles. The van der Waals surface area contributed by atoms with Crippen molar-refractivity contribution in [2.24, 2.45) is 0 Å². The number of thiazole rings is 1. The van der Waals surface area contributed by atoms with E-state index in [0.717, 1.165) is 16.7 Å². The first-order valence-electron chi connectivity index (χ1n) is 8.26. The highest BCUT2D eigenvalue weighted by Crippen LogP contribution is 2.18. The van der Waals surface area contributed by atoms with Gasteiger partial charge in [0.1, 0.15) is 5.75 Å². The number of benzene rings is 2. The third kappa shape index (κ3) is 3.50. The minimum Gasteiger partial charge on any atom is -0.427 e. The molecule has 0 radical (unpaired) electrons. The molecule has 0 aliphatic heterocycles. The summed E-state index contributed by atoms with van der Waals surface area (Å²) < 4.78 is 6.88. The third-order valence-electron chi connectivity index (χ3n) is 3.90. The molecule has 0 bridgehead atoms. The number of fused-ring (bicyclic) bond motifs is 1. The molecule has 0 fully saturated rings. The standard InChI is InChI=1S/C20H15N3O3S/c1-12-4-3-5-15(10-12)18-21-20-23(22-18)19(25)17(27-20)11-14-6-8-16(9-7-14)26-13(2)24/h3-11H,1-2H3/b17-11+. The minimum atomic E-state index is -0.372. The fraction of sp³-hybridized carbons (Fsp3) is 0.100. The highest BCUT2D eigenvalue weighted by Gasteiger charge is 2.12. The molecule has 4 rings (SSSR count). The maximum absolute atomic E-state index is 12.6. The second kappa shape index (κ2) is 6.77. The number of rotatable bonds is 3. The summed E-state index contributed by atoms with van der Waals surface area (Å²) >= 11 is 1.29. The van der Waals surface area contributed by atoms with Crippen molar-refractivity contribution in [3.63, 3.8) is 0 Å². The van der Waals surface area contributed by atoms with Gasteiger partial charge < -0.3 is 4.74 Å². The Balaban J connectivity index is 1.70. The molecule has 7 heteroatoms. The van der Waals surface area contributed by atoms with Gasteiger partial charge in [-0.2, -0.15) is 9.50 Å². The van der Waals surface area contributed by atoms with E-state index in [0.29, 0.717) is 21.1 Å². The smallest absolute Gasteiger partial charge is 0.308 e. The number of aromatic nitrogens is 3. The van der Waals surface area contributed by atoms with Gasteiger partial charge in [0.2, 0.25) is 4.96 Å². The molecule has 27 heavy (non-hydrogen) atoms. The summed E-state index contributed by atoms with van der Waals surface area (Å²) in [6, 6.07) is 14.8. The number of hydrogen-bond acceptors (Lipinski definition) is 6. The van der Waals surface area contributed by atoms with Crippen molar-refractivity contribution in [1.82, 2.24) is 14.6 Å². The molecule has 0 saturated carbocycles. The van der Waals surface area contributed by atoms with Crippen molar-refractivity contribution in [2.45, 2.75) is 13.8 Å². The molecule has 6 nitrogen and oxygen atoms in total. The van der Waals surface area contributed by atoms with Crippen LogP contribution in [0.25, 0.3) is 22.4 Å². The van der Waals surface area contributed by atoms with Gasteiger partial charge in [0.05, 0.1) is 4.53 Å². The van der Waals surface area contributed by atoms with Crippen LogP contribution in [0.15, 0.2) is 53.3 Å². The lowest BCUT2D eigenvalue weighted by Gasteiger charge is -2.00. The van der Waals surface area contributed by atoms with Gasteiger partial charge in [0.15, 0.2) is 5.82 Å². The van der Waals surface area contributed by atoms with Crippen LogP contribution in [0.3, 0.4) is 0 Å². The Labute approximate surface area is 158 Å². The molecule has 0 atom stereocenters. The Morgan fingerprint density at radius 1 is 1.19 bits per heavy atom. The lowest BCUT2D eigenvalue weighted by atomic mass is 10.1. The van der Waals surface area contributed by atoms with Crippen LogP contribution < -0.4 is 14.8 Å². The van der Waals surface area contributed by atoms with Gasteiger partial charge in [-0.25, -0.2) is 0 Å². The van der Waals surface area contributed by atoms with Gasteiger partial charge in [-0.1, -0.05) is 47.2 Å². The van der Waals surface area contributed by atoms with E-state index in [-0.39, 0.29) is 11.5 Å². The van der Waals surface area contributed by atoms with Gasteiger partial charge in [0, 0.05) is 12.5 Å². The quantitative estimate of drug-likeness (QED) is 0.405. The molecule has 0 aliphatic rings. The zero-order valence-corrected chi connectivity index (χ0v) is 15.5. The van der Waals surface area contributed by atoms with E-state index < -0.39 is 0 Å². The molecule has 0 N–H and O–H groups in total. The van der Waals surface area contributed by atoms with E-state index >= 15 is 0 Å². The van der Waals surface area contributed by atoms with Crippen molar-refractivity contribution in [1.29, 1.82) is 0 Å². The lowest BCUT2D eigenvalue weighted by Crippen LogP contribution is -2.23. The highest BCUT2D eigenvalue weighted by atomic mass is 32.1. The van der Waals surface area contributed by atoms with E-state index in [2.05, 4.69) is 10.1 Å². The van der Waals surface area contributed by atoms with Crippen LogP contribution in [0, 0.1) is 6.92 Å². The van der Waals surface area contributed by atoms with E-state index in [1.165, 1.54) is 22.8 Å². The summed E-state index contributed by atoms with van der Waals surface area (Å²) in [5, 5.41) is 4.36. The van der Waals surface area contributed by atoms with Crippen LogP contribution in [0.4, 0.5) is 0 Å². The summed E-state index contributed by atoms with van der Waals surface area (Å²) in [7, 11) is 0.